The van der Waals surface area contributed by atoms with Crippen molar-refractivity contribution in [2.45, 2.75) is 68.3 Å². The molecule has 0 aliphatic carbocycles. The summed E-state index contributed by atoms with van der Waals surface area (Å²) in [6, 6.07) is 0. The maximum atomic E-state index is 12.3. The minimum Gasteiger partial charge on any atom is -0.425 e. The second kappa shape index (κ2) is 10.8. The van der Waals surface area contributed by atoms with Gasteiger partial charge in [0.25, 0.3) is 0 Å². The van der Waals surface area contributed by atoms with E-state index in [1.54, 1.807) is 0 Å². The van der Waals surface area contributed by atoms with Crippen molar-refractivity contribution in [1.29, 1.82) is 0 Å². The average Bonchev–Trinajstić information content (AvgIpc) is 3.03. The van der Waals surface area contributed by atoms with Gasteiger partial charge >= 0.3 is 22.9 Å². The molecule has 33 heavy (non-hydrogen) atoms. The summed E-state index contributed by atoms with van der Waals surface area (Å²) in [6.07, 6.45) is -5.39. The van der Waals surface area contributed by atoms with E-state index >= 15 is 0 Å². The number of halogens is 10. The van der Waals surface area contributed by atoms with Crippen molar-refractivity contribution in [2.75, 3.05) is 26.7 Å². The standard InChI is InChI=1S/C11H24N.C4F10NO4S2/c1-3-4-5-6-9-12(2)10-7-8-11-12;5-1(6,7)3(11,12)20(16,17)15-21(18,19)4(13,14)2(8,9)10/h3-11H2,1-2H3;/q+1;-1. The molecule has 0 atom stereocenters. The van der Waals surface area contributed by atoms with E-state index in [1.807, 2.05) is 0 Å². The lowest BCUT2D eigenvalue weighted by Crippen LogP contribution is -2.48. The van der Waals surface area contributed by atoms with Gasteiger partial charge in [0.2, 0.25) is 0 Å². The molecule has 0 saturated carbocycles. The molecule has 1 rings (SSSR count). The molecule has 0 aromatic carbocycles. The van der Waals surface area contributed by atoms with Crippen molar-refractivity contribution < 1.29 is 65.2 Å². The van der Waals surface area contributed by atoms with Crippen LogP contribution >= 0.6 is 0 Å². The lowest BCUT2D eigenvalue weighted by Gasteiger charge is -2.31. The highest BCUT2D eigenvalue weighted by Gasteiger charge is 2.68. The van der Waals surface area contributed by atoms with Crippen LogP contribution in [0.25, 0.3) is 4.13 Å². The summed E-state index contributed by atoms with van der Waals surface area (Å²) in [5, 5.41) is -14.0. The summed E-state index contributed by atoms with van der Waals surface area (Å²) in [7, 11) is -12.8. The molecule has 18 heteroatoms. The molecule has 1 aliphatic heterocycles. The van der Waals surface area contributed by atoms with Crippen LogP contribution in [0.3, 0.4) is 0 Å². The summed E-state index contributed by atoms with van der Waals surface area (Å²) >= 11 is 0. The van der Waals surface area contributed by atoms with Gasteiger partial charge in [0.05, 0.1) is 26.7 Å². The molecule has 1 saturated heterocycles. The van der Waals surface area contributed by atoms with E-state index in [-0.39, 0.29) is 0 Å². The Kier molecular flexibility index (Phi) is 10.5. The number of unbranched alkanes of at least 4 members (excludes halogenated alkanes) is 3. The van der Waals surface area contributed by atoms with Gasteiger partial charge in [-0.25, -0.2) is 16.8 Å². The number of nitrogens with zero attached hydrogens (tertiary/aromatic N) is 2. The van der Waals surface area contributed by atoms with E-state index in [1.165, 1.54) is 62.6 Å². The summed E-state index contributed by atoms with van der Waals surface area (Å²) in [6.45, 7) is 6.59. The number of quaternary nitrogens is 1. The van der Waals surface area contributed by atoms with Gasteiger partial charge in [-0.1, -0.05) is 19.8 Å². The van der Waals surface area contributed by atoms with E-state index in [4.69, 9.17) is 0 Å². The highest BCUT2D eigenvalue weighted by Crippen LogP contribution is 2.47. The highest BCUT2D eigenvalue weighted by molar-refractivity contribution is 8.13. The molecule has 0 unspecified atom stereocenters. The van der Waals surface area contributed by atoms with Crippen LogP contribution in [0, 0.1) is 0 Å². The van der Waals surface area contributed by atoms with Gasteiger partial charge in [-0.15, -0.1) is 0 Å². The number of rotatable bonds is 9. The minimum absolute atomic E-state index is 0.422. The first-order valence-electron chi connectivity index (χ1n) is 9.43. The van der Waals surface area contributed by atoms with Gasteiger partial charge in [0.15, 0.2) is 20.0 Å². The van der Waals surface area contributed by atoms with Gasteiger partial charge in [0.1, 0.15) is 0 Å². The number of likely N-dealkylation sites (tertiary alicyclic amines) is 1. The Morgan fingerprint density at radius 3 is 1.36 bits per heavy atom. The third-order valence-corrected chi connectivity index (χ3v) is 8.03. The third-order valence-electron chi connectivity index (χ3n) is 4.70. The van der Waals surface area contributed by atoms with Gasteiger partial charge in [-0.2, -0.15) is 43.9 Å². The number of alkyl halides is 10. The first kappa shape index (κ1) is 32.1. The lowest BCUT2D eigenvalue weighted by atomic mass is 10.2. The molecule has 200 valence electrons. The predicted octanol–water partition coefficient (Wildman–Crippen LogP) is 5.14. The first-order chi connectivity index (χ1) is 14.5. The molecule has 0 amide bonds. The van der Waals surface area contributed by atoms with Crippen LogP contribution < -0.4 is 0 Å². The molecule has 0 spiro atoms. The van der Waals surface area contributed by atoms with Crippen molar-refractivity contribution in [3.8, 4) is 0 Å². The van der Waals surface area contributed by atoms with E-state index in [9.17, 15) is 60.7 Å². The van der Waals surface area contributed by atoms with Crippen LogP contribution in [0.15, 0.2) is 0 Å². The summed E-state index contributed by atoms with van der Waals surface area (Å²) in [4.78, 5) is 0. The number of hydrogen-bond acceptors (Lipinski definition) is 4. The zero-order valence-corrected chi connectivity index (χ0v) is 19.1. The van der Waals surface area contributed by atoms with Crippen molar-refractivity contribution in [1.82, 2.24) is 0 Å². The Balaban J connectivity index is 0.000000716. The van der Waals surface area contributed by atoms with Crippen molar-refractivity contribution in [3.05, 3.63) is 4.13 Å². The predicted molar refractivity (Wildman–Crippen MR) is 97.4 cm³/mol. The molecule has 1 aliphatic rings. The van der Waals surface area contributed by atoms with Crippen LogP contribution in [-0.4, -0.2) is 70.9 Å². The van der Waals surface area contributed by atoms with Crippen LogP contribution in [0.5, 0.6) is 0 Å². The number of sulfonamides is 2. The zero-order chi connectivity index (χ0) is 26.6. The van der Waals surface area contributed by atoms with Crippen LogP contribution in [0.2, 0.25) is 0 Å². The monoisotopic (exact) mass is 550 g/mol. The van der Waals surface area contributed by atoms with Gasteiger partial charge in [-0.05, 0) is 12.8 Å². The lowest BCUT2D eigenvalue weighted by molar-refractivity contribution is -0.897. The largest absolute Gasteiger partial charge is 0.467 e. The van der Waals surface area contributed by atoms with E-state index in [0.717, 1.165) is 0 Å². The maximum absolute atomic E-state index is 12.3. The molecule has 0 aromatic heterocycles. The highest BCUT2D eigenvalue weighted by atomic mass is 32.3. The normalized spacial score (nSPS) is 18.1. The Hall–Kier alpha value is -0.880. The first-order valence-corrected chi connectivity index (χ1v) is 12.3. The number of hydrogen-bond donors (Lipinski definition) is 0. The Morgan fingerprint density at radius 1 is 0.697 bits per heavy atom. The fourth-order valence-electron chi connectivity index (χ4n) is 2.76. The van der Waals surface area contributed by atoms with E-state index in [0.29, 0.717) is 4.13 Å². The van der Waals surface area contributed by atoms with Crippen LogP contribution in [-0.2, 0) is 20.0 Å². The minimum atomic E-state index is -7.62. The molecule has 0 aromatic rings. The molecule has 6 nitrogen and oxygen atoms in total. The van der Waals surface area contributed by atoms with E-state index < -0.39 is 42.9 Å². The second-order valence-electron chi connectivity index (χ2n) is 7.61. The molecule has 1 heterocycles. The smallest absolute Gasteiger partial charge is 0.425 e. The Bertz CT molecular complexity index is 780. The third kappa shape index (κ3) is 8.09. The molecular weight excluding hydrogens is 526 g/mol. The van der Waals surface area contributed by atoms with Crippen molar-refractivity contribution in [3.63, 3.8) is 0 Å². The summed E-state index contributed by atoms with van der Waals surface area (Å²) < 4.78 is 162. The average molecular weight is 550 g/mol. The summed E-state index contributed by atoms with van der Waals surface area (Å²) in [5.74, 6) is 0. The second-order valence-corrected chi connectivity index (χ2v) is 11.1. The van der Waals surface area contributed by atoms with Gasteiger partial charge in [0, 0.05) is 12.8 Å². The fourth-order valence-corrected chi connectivity index (χ4v) is 5.13. The molecule has 0 bridgehead atoms. The molecule has 0 N–H and O–H groups in total. The Morgan fingerprint density at radius 2 is 1.06 bits per heavy atom. The molecule has 0 radical (unpaired) electrons. The molecular formula is C15H24F10N2O4S2. The van der Waals surface area contributed by atoms with Crippen molar-refractivity contribution >= 4 is 20.0 Å². The van der Waals surface area contributed by atoms with Gasteiger partial charge in [-0.3, -0.25) is 0 Å². The van der Waals surface area contributed by atoms with Crippen LogP contribution in [0.1, 0.15) is 45.4 Å². The topological polar surface area (TPSA) is 82.4 Å². The fraction of sp³-hybridized carbons (Fsp3) is 1.00. The van der Waals surface area contributed by atoms with E-state index in [2.05, 4.69) is 14.0 Å². The van der Waals surface area contributed by atoms with Crippen molar-refractivity contribution in [2.24, 2.45) is 0 Å². The Labute approximate surface area is 185 Å². The summed E-state index contributed by atoms with van der Waals surface area (Å²) in [5.41, 5.74) is 0. The maximum Gasteiger partial charge on any atom is 0.467 e. The zero-order valence-electron chi connectivity index (χ0n) is 17.5. The quantitative estimate of drug-likeness (QED) is 0.226. The van der Waals surface area contributed by atoms with Crippen LogP contribution in [0.4, 0.5) is 43.9 Å². The van der Waals surface area contributed by atoms with Gasteiger partial charge < -0.3 is 8.61 Å². The SMILES string of the molecule is CCCCCC[N+]1(C)CCCC1.O=S(=O)([N-]S(=O)(=O)C(F)(F)C(F)(F)F)C(F)(F)C(F)(F)F. The molecule has 1 fully saturated rings.